The average Bonchev–Trinajstić information content (AvgIpc) is 3.03. The van der Waals surface area contributed by atoms with Crippen molar-refractivity contribution in [1.82, 2.24) is 0 Å². The number of carbonyl (C=O) groups excluding carboxylic acids is 2. The van der Waals surface area contributed by atoms with Gasteiger partial charge in [-0.25, -0.2) is 4.79 Å². The highest BCUT2D eigenvalue weighted by molar-refractivity contribution is 6.06. The maximum absolute atomic E-state index is 13.1. The molecule has 138 valence electrons. The van der Waals surface area contributed by atoms with E-state index in [1.165, 1.54) is 0 Å². The third-order valence-electron chi connectivity index (χ3n) is 4.97. The Morgan fingerprint density at radius 3 is 2.74 bits per heavy atom. The summed E-state index contributed by atoms with van der Waals surface area (Å²) < 4.78 is 11.1. The summed E-state index contributed by atoms with van der Waals surface area (Å²) in [5, 5.41) is 0. The molecule has 2 heterocycles. The third kappa shape index (κ3) is 2.99. The van der Waals surface area contributed by atoms with E-state index in [9.17, 15) is 9.59 Å². The molecule has 1 atom stereocenters. The molecule has 2 aliphatic rings. The number of anilines is 1. The molecule has 0 saturated carbocycles. The van der Waals surface area contributed by atoms with E-state index in [4.69, 9.17) is 9.47 Å². The van der Waals surface area contributed by atoms with Crippen molar-refractivity contribution >= 4 is 17.6 Å². The number of benzene rings is 2. The van der Waals surface area contributed by atoms with Crippen molar-refractivity contribution in [2.24, 2.45) is 0 Å². The molecule has 0 aliphatic carbocycles. The molecule has 0 spiro atoms. The third-order valence-corrected chi connectivity index (χ3v) is 4.97. The van der Waals surface area contributed by atoms with Gasteiger partial charge in [-0.2, -0.15) is 0 Å². The predicted octanol–water partition coefficient (Wildman–Crippen LogP) is 3.73. The fourth-order valence-electron chi connectivity index (χ4n) is 3.84. The minimum absolute atomic E-state index is 0.0473. The molecule has 0 aromatic heterocycles. The molecular weight excluding hydrogens is 342 g/mol. The molecule has 0 saturated heterocycles. The Bertz CT molecular complexity index is 947. The lowest BCUT2D eigenvalue weighted by Crippen LogP contribution is -2.37. The number of cyclic esters (lactones) is 1. The number of rotatable bonds is 4. The number of amides is 1. The van der Waals surface area contributed by atoms with Crippen LogP contribution in [-0.2, 0) is 14.3 Å². The van der Waals surface area contributed by atoms with Gasteiger partial charge in [-0.1, -0.05) is 30.3 Å². The summed E-state index contributed by atoms with van der Waals surface area (Å²) in [6.45, 7) is 4.52. The Morgan fingerprint density at radius 1 is 1.15 bits per heavy atom. The van der Waals surface area contributed by atoms with Gasteiger partial charge in [-0.15, -0.1) is 0 Å². The van der Waals surface area contributed by atoms with Crippen LogP contribution in [0, 0.1) is 6.92 Å². The van der Waals surface area contributed by atoms with Crippen LogP contribution in [0.2, 0.25) is 0 Å². The van der Waals surface area contributed by atoms with Gasteiger partial charge in [0.2, 0.25) is 5.91 Å². The van der Waals surface area contributed by atoms with Crippen molar-refractivity contribution in [3.63, 3.8) is 0 Å². The van der Waals surface area contributed by atoms with E-state index in [1.807, 2.05) is 62.4 Å². The van der Waals surface area contributed by atoms with Crippen molar-refractivity contribution in [2.45, 2.75) is 26.2 Å². The number of hydrogen-bond acceptors (Lipinski definition) is 4. The molecule has 0 radical (unpaired) electrons. The molecule has 5 nitrogen and oxygen atoms in total. The van der Waals surface area contributed by atoms with Gasteiger partial charge in [0.15, 0.2) is 0 Å². The first-order valence-electron chi connectivity index (χ1n) is 9.11. The van der Waals surface area contributed by atoms with Gasteiger partial charge >= 0.3 is 5.97 Å². The Kier molecular flexibility index (Phi) is 4.44. The zero-order valence-electron chi connectivity index (χ0n) is 15.4. The number of esters is 1. The van der Waals surface area contributed by atoms with Gasteiger partial charge < -0.3 is 9.47 Å². The second-order valence-electron chi connectivity index (χ2n) is 6.73. The summed E-state index contributed by atoms with van der Waals surface area (Å²) >= 11 is 0. The first-order valence-corrected chi connectivity index (χ1v) is 9.11. The van der Waals surface area contributed by atoms with Crippen molar-refractivity contribution in [3.05, 3.63) is 70.9 Å². The Balaban J connectivity index is 1.84. The fraction of sp³-hybridized carbons (Fsp3) is 0.273. The highest BCUT2D eigenvalue weighted by Crippen LogP contribution is 2.44. The van der Waals surface area contributed by atoms with Crippen LogP contribution in [-0.4, -0.2) is 25.1 Å². The Morgan fingerprint density at radius 2 is 1.96 bits per heavy atom. The highest BCUT2D eigenvalue weighted by Gasteiger charge is 2.43. The lowest BCUT2D eigenvalue weighted by molar-refractivity contribution is -0.136. The number of para-hydroxylation sites is 1. The lowest BCUT2D eigenvalue weighted by Gasteiger charge is -2.32. The number of hydrogen-bond donors (Lipinski definition) is 0. The quantitative estimate of drug-likeness (QED) is 0.777. The van der Waals surface area contributed by atoms with Gasteiger partial charge in [0, 0.05) is 23.6 Å². The van der Waals surface area contributed by atoms with Crippen LogP contribution in [0.4, 0.5) is 5.69 Å². The molecule has 2 aromatic rings. The van der Waals surface area contributed by atoms with Crippen LogP contribution in [0.25, 0.3) is 0 Å². The number of ether oxygens (including phenoxy) is 2. The van der Waals surface area contributed by atoms with Crippen molar-refractivity contribution in [1.29, 1.82) is 0 Å². The molecule has 27 heavy (non-hydrogen) atoms. The molecule has 1 amide bonds. The maximum atomic E-state index is 13.1. The highest BCUT2D eigenvalue weighted by atomic mass is 16.5. The van der Waals surface area contributed by atoms with E-state index in [2.05, 4.69) is 0 Å². The SMILES string of the molecule is CCOc1ccccc1C1CC(=O)N(c2cccc(C)c2)C2=C1C(=O)OC2. The standard InChI is InChI=1S/C22H21NO4/c1-3-26-19-10-5-4-9-16(19)17-12-20(24)23(15-8-6-7-14(2)11-15)18-13-27-22(25)21(17)18/h4-11,17H,3,12-13H2,1-2H3. The summed E-state index contributed by atoms with van der Waals surface area (Å²) in [6, 6.07) is 15.3. The summed E-state index contributed by atoms with van der Waals surface area (Å²) in [6.07, 6.45) is 0.200. The lowest BCUT2D eigenvalue weighted by atomic mass is 9.83. The second kappa shape index (κ2) is 6.91. The summed E-state index contributed by atoms with van der Waals surface area (Å²) in [5.74, 6) is -0.0555. The van der Waals surface area contributed by atoms with E-state index >= 15 is 0 Å². The normalized spacial score (nSPS) is 19.2. The van der Waals surface area contributed by atoms with Crippen LogP contribution in [0.5, 0.6) is 5.75 Å². The zero-order valence-corrected chi connectivity index (χ0v) is 15.4. The Hall–Kier alpha value is -3.08. The molecule has 0 N–H and O–H groups in total. The van der Waals surface area contributed by atoms with Gasteiger partial charge in [0.05, 0.1) is 17.9 Å². The largest absolute Gasteiger partial charge is 0.494 e. The maximum Gasteiger partial charge on any atom is 0.336 e. The summed E-state index contributed by atoms with van der Waals surface area (Å²) in [5.41, 5.74) is 3.86. The van der Waals surface area contributed by atoms with Crippen molar-refractivity contribution in [3.8, 4) is 5.75 Å². The van der Waals surface area contributed by atoms with E-state index < -0.39 is 0 Å². The van der Waals surface area contributed by atoms with E-state index in [-0.39, 0.29) is 30.8 Å². The first kappa shape index (κ1) is 17.3. The number of nitrogens with zero attached hydrogens (tertiary/aromatic N) is 1. The van der Waals surface area contributed by atoms with Gasteiger partial charge in [0.1, 0.15) is 12.4 Å². The van der Waals surface area contributed by atoms with Crippen LogP contribution in [0.1, 0.15) is 30.4 Å². The van der Waals surface area contributed by atoms with E-state index in [0.29, 0.717) is 23.6 Å². The van der Waals surface area contributed by atoms with Gasteiger partial charge in [0.25, 0.3) is 0 Å². The molecule has 5 heteroatoms. The van der Waals surface area contributed by atoms with Gasteiger partial charge in [-0.05, 0) is 37.6 Å². The summed E-state index contributed by atoms with van der Waals surface area (Å²) in [4.78, 5) is 27.3. The molecule has 4 rings (SSSR count). The smallest absolute Gasteiger partial charge is 0.336 e. The van der Waals surface area contributed by atoms with Crippen LogP contribution < -0.4 is 9.64 Å². The summed E-state index contributed by atoms with van der Waals surface area (Å²) in [7, 11) is 0. The molecular formula is C22H21NO4. The monoisotopic (exact) mass is 363 g/mol. The molecule has 2 aromatic carbocycles. The van der Waals surface area contributed by atoms with Gasteiger partial charge in [-0.3, -0.25) is 9.69 Å². The topological polar surface area (TPSA) is 55.8 Å². The van der Waals surface area contributed by atoms with Crippen molar-refractivity contribution < 1.29 is 19.1 Å². The van der Waals surface area contributed by atoms with E-state index in [0.717, 1.165) is 16.8 Å². The fourth-order valence-corrected chi connectivity index (χ4v) is 3.84. The number of aryl methyl sites for hydroxylation is 1. The van der Waals surface area contributed by atoms with Crippen molar-refractivity contribution in [2.75, 3.05) is 18.1 Å². The minimum atomic E-state index is -0.355. The molecule has 0 fully saturated rings. The molecule has 2 aliphatic heterocycles. The van der Waals surface area contributed by atoms with E-state index in [1.54, 1.807) is 4.90 Å². The molecule has 1 unspecified atom stereocenters. The molecule has 0 bridgehead atoms. The van der Waals surface area contributed by atoms with Crippen LogP contribution >= 0.6 is 0 Å². The predicted molar refractivity (Wildman–Crippen MR) is 102 cm³/mol. The minimum Gasteiger partial charge on any atom is -0.494 e. The average molecular weight is 363 g/mol. The number of carbonyl (C=O) groups is 2. The first-order chi connectivity index (χ1) is 13.1. The van der Waals surface area contributed by atoms with Crippen LogP contribution in [0.3, 0.4) is 0 Å². The zero-order chi connectivity index (χ0) is 19.0. The van der Waals surface area contributed by atoms with Crippen LogP contribution in [0.15, 0.2) is 59.8 Å². The second-order valence-corrected chi connectivity index (χ2v) is 6.73. The Labute approximate surface area is 158 Å².